The average molecular weight is 438 g/mol. The number of aryl methyl sites for hydroxylation is 2. The van der Waals surface area contributed by atoms with Crippen LogP contribution in [0.3, 0.4) is 0 Å². The second kappa shape index (κ2) is 9.03. The number of fused-ring (bicyclic) bond motifs is 1. The number of anilines is 1. The molecule has 0 saturated carbocycles. The maximum Gasteiger partial charge on any atom is 0.430 e. The number of ether oxygens (including phenoxy) is 1. The fourth-order valence-electron chi connectivity index (χ4n) is 3.94. The van der Waals surface area contributed by atoms with Crippen LogP contribution in [-0.2, 0) is 11.2 Å². The molecule has 1 aromatic heterocycles. The van der Waals surface area contributed by atoms with Crippen LogP contribution in [0.15, 0.2) is 29.1 Å². The molecule has 1 aliphatic rings. The molecule has 8 heteroatoms. The molecule has 2 heterocycles. The van der Waals surface area contributed by atoms with Gasteiger partial charge in [0.2, 0.25) is 0 Å². The van der Waals surface area contributed by atoms with Gasteiger partial charge in [-0.1, -0.05) is 18.2 Å². The van der Waals surface area contributed by atoms with Gasteiger partial charge in [0.05, 0.1) is 11.7 Å². The van der Waals surface area contributed by atoms with Crippen LogP contribution in [0, 0.1) is 18.3 Å². The van der Waals surface area contributed by atoms with Gasteiger partial charge >= 0.3 is 6.09 Å². The Labute approximate surface area is 188 Å². The van der Waals surface area contributed by atoms with E-state index in [2.05, 4.69) is 16.4 Å². The summed E-state index contributed by atoms with van der Waals surface area (Å²) in [6.45, 7) is 11.1. The van der Waals surface area contributed by atoms with Crippen molar-refractivity contribution in [3.63, 3.8) is 0 Å². The van der Waals surface area contributed by atoms with Gasteiger partial charge in [0.25, 0.3) is 5.56 Å². The summed E-state index contributed by atoms with van der Waals surface area (Å²) < 4.78 is 6.67. The minimum Gasteiger partial charge on any atom is -0.442 e. The summed E-state index contributed by atoms with van der Waals surface area (Å²) >= 11 is 0. The van der Waals surface area contributed by atoms with E-state index in [9.17, 15) is 14.9 Å². The molecule has 1 amide bonds. The molecule has 8 nitrogen and oxygen atoms in total. The first kappa shape index (κ1) is 23.3. The van der Waals surface area contributed by atoms with E-state index in [-0.39, 0.29) is 17.5 Å². The summed E-state index contributed by atoms with van der Waals surface area (Å²) in [4.78, 5) is 31.0. The lowest BCUT2D eigenvalue weighted by molar-refractivity contribution is 0.0519. The lowest BCUT2D eigenvalue weighted by Gasteiger charge is -2.32. The summed E-state index contributed by atoms with van der Waals surface area (Å²) in [6, 6.07) is 9.76. The molecule has 1 aromatic carbocycles. The Morgan fingerprint density at radius 3 is 2.66 bits per heavy atom. The minimum atomic E-state index is -0.728. The number of carbonyl (C=O) groups is 1. The van der Waals surface area contributed by atoms with E-state index in [4.69, 9.17) is 4.74 Å². The van der Waals surface area contributed by atoms with Crippen LogP contribution < -0.4 is 15.9 Å². The van der Waals surface area contributed by atoms with Gasteiger partial charge in [-0.3, -0.25) is 4.79 Å². The highest BCUT2D eigenvalue weighted by Gasteiger charge is 2.31. The largest absolute Gasteiger partial charge is 0.442 e. The average Bonchev–Trinajstić information content (AvgIpc) is 2.91. The number of nitriles is 1. The molecule has 32 heavy (non-hydrogen) atoms. The van der Waals surface area contributed by atoms with Crippen LogP contribution in [0.5, 0.6) is 0 Å². The Bertz CT molecular complexity index is 1080. The minimum absolute atomic E-state index is 0.0393. The number of nitrogens with zero attached hydrogens (tertiary/aromatic N) is 4. The van der Waals surface area contributed by atoms with E-state index in [0.717, 1.165) is 18.5 Å². The molecule has 0 fully saturated rings. The molecule has 1 N–H and O–H groups in total. The third kappa shape index (κ3) is 4.77. The monoisotopic (exact) mass is 437 g/mol. The summed E-state index contributed by atoms with van der Waals surface area (Å²) in [5.74, 6) is 0.234. The van der Waals surface area contributed by atoms with Crippen molar-refractivity contribution in [1.82, 2.24) is 9.66 Å². The highest BCUT2D eigenvalue weighted by Crippen LogP contribution is 2.29. The molecule has 2 aromatic rings. The normalized spacial score (nSPS) is 15.9. The van der Waals surface area contributed by atoms with E-state index in [1.54, 1.807) is 41.5 Å². The van der Waals surface area contributed by atoms with Gasteiger partial charge < -0.3 is 10.1 Å². The van der Waals surface area contributed by atoms with Crippen molar-refractivity contribution in [1.29, 1.82) is 5.26 Å². The van der Waals surface area contributed by atoms with Crippen molar-refractivity contribution >= 4 is 11.8 Å². The number of nitrogens with one attached hydrogen (secondary N) is 1. The zero-order chi connectivity index (χ0) is 23.6. The number of aromatic nitrogens is 2. The molecule has 0 radical (unpaired) electrons. The fraction of sp³-hybridized carbons (Fsp3) is 0.500. The summed E-state index contributed by atoms with van der Waals surface area (Å²) in [7, 11) is 0. The van der Waals surface area contributed by atoms with E-state index >= 15 is 0 Å². The highest BCUT2D eigenvalue weighted by atomic mass is 16.6. The summed E-state index contributed by atoms with van der Waals surface area (Å²) in [6.07, 6.45) is 0.912. The van der Waals surface area contributed by atoms with Crippen LogP contribution >= 0.6 is 0 Å². The molecule has 1 unspecified atom stereocenters. The van der Waals surface area contributed by atoms with Crippen molar-refractivity contribution in [3.05, 3.63) is 57.3 Å². The molecule has 0 aliphatic carbocycles. The van der Waals surface area contributed by atoms with Crippen molar-refractivity contribution in [2.45, 2.75) is 71.9 Å². The molecule has 0 spiro atoms. The second-order valence-corrected chi connectivity index (χ2v) is 9.34. The van der Waals surface area contributed by atoms with Crippen LogP contribution in [0.4, 0.5) is 10.5 Å². The first-order chi connectivity index (χ1) is 15.0. The predicted molar refractivity (Wildman–Crippen MR) is 124 cm³/mol. The number of amides is 1. The highest BCUT2D eigenvalue weighted by molar-refractivity contribution is 5.79. The van der Waals surface area contributed by atoms with Crippen molar-refractivity contribution < 1.29 is 9.53 Å². The van der Waals surface area contributed by atoms with Gasteiger partial charge in [-0.2, -0.15) is 9.94 Å². The standard InChI is InChI=1S/C24H31N5O3/c1-15(2)28(23(31)32-24(4,5)6)29-16(3)27-21(19(13-25)22(29)30)18-12-11-17-9-7-8-10-20(17)26-14-18/h7-10,15,18,26H,11-12,14H2,1-6H3. The number of rotatable bonds is 3. The van der Waals surface area contributed by atoms with Gasteiger partial charge in [-0.05, 0) is 66.0 Å². The van der Waals surface area contributed by atoms with E-state index in [1.807, 2.05) is 24.3 Å². The van der Waals surface area contributed by atoms with Crippen molar-refractivity contribution in [2.24, 2.45) is 0 Å². The van der Waals surface area contributed by atoms with Crippen LogP contribution in [0.25, 0.3) is 0 Å². The molecular weight excluding hydrogens is 406 g/mol. The van der Waals surface area contributed by atoms with Crippen LogP contribution in [-0.4, -0.2) is 33.9 Å². The van der Waals surface area contributed by atoms with Crippen LogP contribution in [0.1, 0.15) is 69.6 Å². The third-order valence-corrected chi connectivity index (χ3v) is 5.35. The first-order valence-corrected chi connectivity index (χ1v) is 10.9. The topological polar surface area (TPSA) is 100 Å². The SMILES string of the molecule is Cc1nc(C2CCc3ccccc3NC2)c(C#N)c(=O)n1N(C(=O)OC(C)(C)C)C(C)C. The van der Waals surface area contributed by atoms with Gasteiger partial charge in [0, 0.05) is 18.2 Å². The fourth-order valence-corrected chi connectivity index (χ4v) is 3.94. The Kier molecular flexibility index (Phi) is 6.58. The van der Waals surface area contributed by atoms with Crippen LogP contribution in [0.2, 0.25) is 0 Å². The lowest BCUT2D eigenvalue weighted by Crippen LogP contribution is -2.54. The Balaban J connectivity index is 2.03. The number of hydrogen-bond donors (Lipinski definition) is 1. The zero-order valence-electron chi connectivity index (χ0n) is 19.6. The first-order valence-electron chi connectivity index (χ1n) is 10.9. The summed E-state index contributed by atoms with van der Waals surface area (Å²) in [5, 5.41) is 14.5. The lowest BCUT2D eigenvalue weighted by atomic mass is 9.95. The zero-order valence-corrected chi connectivity index (χ0v) is 19.6. The Morgan fingerprint density at radius 2 is 2.03 bits per heavy atom. The predicted octanol–water partition coefficient (Wildman–Crippen LogP) is 3.85. The van der Waals surface area contributed by atoms with Crippen molar-refractivity contribution in [3.8, 4) is 6.07 Å². The second-order valence-electron chi connectivity index (χ2n) is 9.34. The molecular formula is C24H31N5O3. The van der Waals surface area contributed by atoms with E-state index in [1.165, 1.54) is 15.2 Å². The molecule has 0 bridgehead atoms. The smallest absolute Gasteiger partial charge is 0.430 e. The van der Waals surface area contributed by atoms with Gasteiger partial charge in [0.1, 0.15) is 23.1 Å². The van der Waals surface area contributed by atoms with E-state index < -0.39 is 17.3 Å². The molecule has 170 valence electrons. The molecule has 1 atom stereocenters. The Morgan fingerprint density at radius 1 is 1.34 bits per heavy atom. The molecule has 0 saturated heterocycles. The molecule has 1 aliphatic heterocycles. The third-order valence-electron chi connectivity index (χ3n) is 5.35. The maximum atomic E-state index is 13.4. The quantitative estimate of drug-likeness (QED) is 0.783. The number of para-hydroxylation sites is 1. The Hall–Kier alpha value is -3.34. The van der Waals surface area contributed by atoms with Gasteiger partial charge in [-0.15, -0.1) is 0 Å². The maximum absolute atomic E-state index is 13.4. The number of carbonyl (C=O) groups excluding carboxylic acids is 1. The van der Waals surface area contributed by atoms with Gasteiger partial charge in [0.15, 0.2) is 0 Å². The number of hydrogen-bond acceptors (Lipinski definition) is 6. The van der Waals surface area contributed by atoms with Crippen molar-refractivity contribution in [2.75, 3.05) is 16.9 Å². The number of benzene rings is 1. The van der Waals surface area contributed by atoms with Gasteiger partial charge in [-0.25, -0.2) is 14.8 Å². The van der Waals surface area contributed by atoms with E-state index in [0.29, 0.717) is 18.1 Å². The molecule has 3 rings (SSSR count). The summed E-state index contributed by atoms with van der Waals surface area (Å²) in [5.41, 5.74) is 1.41.